The largest absolute Gasteiger partial charge is 0.371 e. The number of para-hydroxylation sites is 1. The molecule has 0 spiro atoms. The Labute approximate surface area is 129 Å². The van der Waals surface area contributed by atoms with E-state index in [1.54, 1.807) is 11.8 Å². The first kappa shape index (κ1) is 12.8. The lowest BCUT2D eigenvalue weighted by Crippen LogP contribution is -2.37. The van der Waals surface area contributed by atoms with Crippen molar-refractivity contribution in [2.75, 3.05) is 24.2 Å². The molecule has 0 saturated carbocycles. The van der Waals surface area contributed by atoms with E-state index < -0.39 is 0 Å². The van der Waals surface area contributed by atoms with Crippen molar-refractivity contribution in [3.63, 3.8) is 0 Å². The summed E-state index contributed by atoms with van der Waals surface area (Å²) in [5.74, 6) is 0. The Hall–Kier alpha value is -1.87. The first-order valence-corrected chi connectivity index (χ1v) is 8.59. The Bertz CT molecular complexity index is 754. The minimum Gasteiger partial charge on any atom is -0.371 e. The predicted molar refractivity (Wildman–Crippen MR) is 92.3 cm³/mol. The zero-order valence-corrected chi connectivity index (χ0v) is 12.9. The number of H-pyrrole nitrogens is 1. The summed E-state index contributed by atoms with van der Waals surface area (Å²) in [6.45, 7) is 2.34. The summed E-state index contributed by atoms with van der Waals surface area (Å²) in [4.78, 5) is 7.35. The van der Waals surface area contributed by atoms with Crippen molar-refractivity contribution in [1.82, 2.24) is 4.98 Å². The van der Waals surface area contributed by atoms with Crippen LogP contribution < -0.4 is 4.90 Å². The number of thioether (sulfide) groups is 1. The molecule has 0 unspecified atom stereocenters. The number of hydrogen-bond acceptors (Lipinski definition) is 2. The molecule has 2 heterocycles. The Kier molecular flexibility index (Phi) is 3.15. The van der Waals surface area contributed by atoms with E-state index >= 15 is 0 Å². The highest BCUT2D eigenvalue weighted by molar-refractivity contribution is 7.98. The van der Waals surface area contributed by atoms with Crippen LogP contribution in [0.25, 0.3) is 22.2 Å². The van der Waals surface area contributed by atoms with Crippen LogP contribution in [-0.4, -0.2) is 24.3 Å². The summed E-state index contributed by atoms with van der Waals surface area (Å²) < 4.78 is 0. The molecular formula is C18H18N2S. The fourth-order valence-electron chi connectivity index (χ4n) is 2.91. The van der Waals surface area contributed by atoms with E-state index in [1.165, 1.54) is 52.3 Å². The maximum Gasteiger partial charge on any atom is 0.0486 e. The van der Waals surface area contributed by atoms with E-state index in [4.69, 9.17) is 0 Å². The number of aromatic amines is 1. The maximum atomic E-state index is 3.57. The number of nitrogens with zero attached hydrogens (tertiary/aromatic N) is 1. The standard InChI is InChI=1S/C18H18N2S/c1-21-14-7-8-18(20-9-4-10-20)15(12-14)17-11-13-5-2-3-6-16(13)19-17/h2-3,5-8,11-12,19H,4,9-10H2,1H3. The number of fused-ring (bicyclic) bond motifs is 1. The van der Waals surface area contributed by atoms with Crippen molar-refractivity contribution in [3.8, 4) is 11.3 Å². The summed E-state index contributed by atoms with van der Waals surface area (Å²) in [5, 5.41) is 1.27. The van der Waals surface area contributed by atoms with Crippen LogP contribution in [0.1, 0.15) is 6.42 Å². The number of rotatable bonds is 3. The summed E-state index contributed by atoms with van der Waals surface area (Å²) >= 11 is 1.80. The third kappa shape index (κ3) is 2.22. The third-order valence-electron chi connectivity index (χ3n) is 4.22. The number of anilines is 1. The molecule has 21 heavy (non-hydrogen) atoms. The predicted octanol–water partition coefficient (Wildman–Crippen LogP) is 4.77. The van der Waals surface area contributed by atoms with Gasteiger partial charge in [0.15, 0.2) is 0 Å². The Balaban J connectivity index is 1.88. The number of hydrogen-bond donors (Lipinski definition) is 1. The molecule has 3 heteroatoms. The van der Waals surface area contributed by atoms with Crippen LogP contribution in [0.3, 0.4) is 0 Å². The molecule has 0 aliphatic carbocycles. The molecule has 0 radical (unpaired) electrons. The van der Waals surface area contributed by atoms with Crippen molar-refractivity contribution in [2.24, 2.45) is 0 Å². The van der Waals surface area contributed by atoms with Gasteiger partial charge in [0.25, 0.3) is 0 Å². The van der Waals surface area contributed by atoms with Gasteiger partial charge in [-0.25, -0.2) is 0 Å². The van der Waals surface area contributed by atoms with E-state index in [2.05, 4.69) is 64.7 Å². The molecule has 0 bridgehead atoms. The molecule has 0 atom stereocenters. The van der Waals surface area contributed by atoms with Gasteiger partial charge in [0.2, 0.25) is 0 Å². The molecule has 1 N–H and O–H groups in total. The normalized spacial score (nSPS) is 14.4. The first-order chi connectivity index (χ1) is 10.3. The number of nitrogens with one attached hydrogen (secondary N) is 1. The van der Waals surface area contributed by atoms with Gasteiger partial charge in [0, 0.05) is 45.8 Å². The van der Waals surface area contributed by atoms with Gasteiger partial charge >= 0.3 is 0 Å². The SMILES string of the molecule is CSc1ccc(N2CCC2)c(-c2cc3ccccc3[nH]2)c1. The Morgan fingerprint density at radius 2 is 1.90 bits per heavy atom. The lowest BCUT2D eigenvalue weighted by atomic mass is 10.1. The summed E-state index contributed by atoms with van der Waals surface area (Å²) in [6, 6.07) is 17.5. The molecular weight excluding hydrogens is 276 g/mol. The zero-order valence-electron chi connectivity index (χ0n) is 12.1. The van der Waals surface area contributed by atoms with Crippen molar-refractivity contribution in [3.05, 3.63) is 48.5 Å². The van der Waals surface area contributed by atoms with Crippen molar-refractivity contribution < 1.29 is 0 Å². The number of benzene rings is 2. The van der Waals surface area contributed by atoms with Gasteiger partial charge < -0.3 is 9.88 Å². The van der Waals surface area contributed by atoms with E-state index in [0.717, 1.165) is 0 Å². The highest BCUT2D eigenvalue weighted by Gasteiger charge is 2.19. The van der Waals surface area contributed by atoms with E-state index in [1.807, 2.05) is 0 Å². The van der Waals surface area contributed by atoms with Crippen LogP contribution in [-0.2, 0) is 0 Å². The van der Waals surface area contributed by atoms with Crippen LogP contribution in [0.4, 0.5) is 5.69 Å². The second-order valence-corrected chi connectivity index (χ2v) is 6.37. The lowest BCUT2D eigenvalue weighted by molar-refractivity contribution is 0.618. The average molecular weight is 294 g/mol. The molecule has 0 amide bonds. The van der Waals surface area contributed by atoms with Crippen molar-refractivity contribution in [2.45, 2.75) is 11.3 Å². The molecule has 1 fully saturated rings. The monoisotopic (exact) mass is 294 g/mol. The van der Waals surface area contributed by atoms with E-state index in [0.29, 0.717) is 0 Å². The fraction of sp³-hybridized carbons (Fsp3) is 0.222. The molecule has 2 nitrogen and oxygen atoms in total. The molecule has 3 aromatic rings. The first-order valence-electron chi connectivity index (χ1n) is 7.36. The lowest BCUT2D eigenvalue weighted by Gasteiger charge is -2.34. The van der Waals surface area contributed by atoms with Crippen LogP contribution in [0.5, 0.6) is 0 Å². The highest BCUT2D eigenvalue weighted by Crippen LogP contribution is 2.36. The fourth-order valence-corrected chi connectivity index (χ4v) is 3.35. The van der Waals surface area contributed by atoms with Gasteiger partial charge in [0.05, 0.1) is 0 Å². The molecule has 4 rings (SSSR count). The summed E-state index contributed by atoms with van der Waals surface area (Å²) in [5.41, 5.74) is 5.09. The van der Waals surface area contributed by atoms with Crippen molar-refractivity contribution >= 4 is 28.4 Å². The molecule has 1 aromatic heterocycles. The van der Waals surface area contributed by atoms with E-state index in [-0.39, 0.29) is 0 Å². The smallest absolute Gasteiger partial charge is 0.0486 e. The van der Waals surface area contributed by atoms with Gasteiger partial charge in [-0.2, -0.15) is 0 Å². The average Bonchev–Trinajstić information content (AvgIpc) is 2.89. The molecule has 1 saturated heterocycles. The van der Waals surface area contributed by atoms with Gasteiger partial charge in [-0.15, -0.1) is 11.8 Å². The van der Waals surface area contributed by atoms with Crippen LogP contribution >= 0.6 is 11.8 Å². The topological polar surface area (TPSA) is 19.0 Å². The van der Waals surface area contributed by atoms with E-state index in [9.17, 15) is 0 Å². The minimum absolute atomic E-state index is 1.17. The van der Waals surface area contributed by atoms with Gasteiger partial charge in [-0.1, -0.05) is 18.2 Å². The zero-order chi connectivity index (χ0) is 14.2. The van der Waals surface area contributed by atoms with Crippen LogP contribution in [0.15, 0.2) is 53.4 Å². The molecule has 106 valence electrons. The Morgan fingerprint density at radius 3 is 2.62 bits per heavy atom. The molecule has 2 aromatic carbocycles. The maximum absolute atomic E-state index is 3.57. The minimum atomic E-state index is 1.17. The second kappa shape index (κ2) is 5.15. The molecule has 1 aliphatic rings. The Morgan fingerprint density at radius 1 is 1.05 bits per heavy atom. The highest BCUT2D eigenvalue weighted by atomic mass is 32.2. The quantitative estimate of drug-likeness (QED) is 0.702. The second-order valence-electron chi connectivity index (χ2n) is 5.49. The van der Waals surface area contributed by atoms with Crippen LogP contribution in [0, 0.1) is 0 Å². The summed E-state index contributed by atoms with van der Waals surface area (Å²) in [7, 11) is 0. The van der Waals surface area contributed by atoms with Gasteiger partial charge in [0.1, 0.15) is 0 Å². The van der Waals surface area contributed by atoms with Gasteiger partial charge in [-0.05, 0) is 43.0 Å². The van der Waals surface area contributed by atoms with Gasteiger partial charge in [-0.3, -0.25) is 0 Å². The van der Waals surface area contributed by atoms with Crippen molar-refractivity contribution in [1.29, 1.82) is 0 Å². The van der Waals surface area contributed by atoms with Crippen LogP contribution in [0.2, 0.25) is 0 Å². The third-order valence-corrected chi connectivity index (χ3v) is 4.95. The number of aromatic nitrogens is 1. The summed E-state index contributed by atoms with van der Waals surface area (Å²) in [6.07, 6.45) is 3.43. The molecule has 1 aliphatic heterocycles.